The molecule has 3 heterocycles. The summed E-state index contributed by atoms with van der Waals surface area (Å²) in [5.41, 5.74) is 15.7. The van der Waals surface area contributed by atoms with E-state index in [1.807, 2.05) is 30.3 Å². The summed E-state index contributed by atoms with van der Waals surface area (Å²) >= 11 is 0. The maximum atomic E-state index is 13.8. The minimum Gasteiger partial charge on any atom is -0.448 e. The van der Waals surface area contributed by atoms with Gasteiger partial charge in [-0.2, -0.15) is 0 Å². The third kappa shape index (κ3) is 7.70. The molecule has 3 aromatic rings. The lowest BCUT2D eigenvalue weighted by molar-refractivity contribution is -0.117. The SMILES string of the molecule is CC1C(/C=C/C2=C(c3ccccc3)C(=C/C=C3/N(C(=O)OCCSSCCC(N)=O)c4ccccc4C3(C)C)/CN(C)C2)=Nc2ccccc21. The van der Waals surface area contributed by atoms with Gasteiger partial charge in [0.2, 0.25) is 5.91 Å². The van der Waals surface area contributed by atoms with Crippen LogP contribution in [0, 0.1) is 0 Å². The largest absolute Gasteiger partial charge is 0.448 e. The molecule has 50 heavy (non-hydrogen) atoms. The van der Waals surface area contributed by atoms with Crippen molar-refractivity contribution >= 4 is 56.2 Å². The molecule has 7 nitrogen and oxygen atoms in total. The summed E-state index contributed by atoms with van der Waals surface area (Å²) in [5, 5.41) is 0. The highest BCUT2D eigenvalue weighted by molar-refractivity contribution is 8.76. The Labute approximate surface area is 303 Å². The first kappa shape index (κ1) is 35.5. The topological polar surface area (TPSA) is 88.2 Å². The second kappa shape index (κ2) is 15.7. The van der Waals surface area contributed by atoms with Crippen molar-refractivity contribution in [2.75, 3.05) is 43.1 Å². The van der Waals surface area contributed by atoms with Crippen molar-refractivity contribution in [1.29, 1.82) is 0 Å². The van der Waals surface area contributed by atoms with Crippen LogP contribution in [0.15, 0.2) is 125 Å². The number of amides is 2. The van der Waals surface area contributed by atoms with E-state index in [4.69, 9.17) is 15.5 Å². The molecule has 3 aromatic carbocycles. The summed E-state index contributed by atoms with van der Waals surface area (Å²) in [4.78, 5) is 33.8. The Balaban J connectivity index is 1.32. The number of hydrogen-bond donors (Lipinski definition) is 1. The zero-order chi connectivity index (χ0) is 35.3. The molecule has 0 saturated heterocycles. The Bertz CT molecular complexity index is 1910. The van der Waals surface area contributed by atoms with E-state index in [2.05, 4.69) is 106 Å². The molecule has 0 bridgehead atoms. The number of nitrogens with two attached hydrogens (primary N) is 1. The van der Waals surface area contributed by atoms with Crippen LogP contribution in [0.2, 0.25) is 0 Å². The van der Waals surface area contributed by atoms with E-state index < -0.39 is 11.5 Å². The van der Waals surface area contributed by atoms with E-state index in [9.17, 15) is 9.59 Å². The van der Waals surface area contributed by atoms with Gasteiger partial charge in [-0.25, -0.2) is 9.69 Å². The number of aliphatic imine (C=N–C) groups is 1. The van der Waals surface area contributed by atoms with E-state index in [-0.39, 0.29) is 18.4 Å². The Hall–Kier alpha value is -4.31. The van der Waals surface area contributed by atoms with Crippen LogP contribution in [-0.4, -0.2) is 60.9 Å². The Morgan fingerprint density at radius 1 is 0.940 bits per heavy atom. The van der Waals surface area contributed by atoms with Gasteiger partial charge >= 0.3 is 6.09 Å². The molecule has 2 amide bonds. The van der Waals surface area contributed by atoms with Gasteiger partial charge in [0.25, 0.3) is 0 Å². The zero-order valence-electron chi connectivity index (χ0n) is 29.1. The van der Waals surface area contributed by atoms with Gasteiger partial charge in [0.15, 0.2) is 0 Å². The van der Waals surface area contributed by atoms with Crippen LogP contribution in [0.3, 0.4) is 0 Å². The summed E-state index contributed by atoms with van der Waals surface area (Å²) < 4.78 is 5.82. The molecular formula is C41H44N4O3S2. The van der Waals surface area contributed by atoms with Gasteiger partial charge in [0, 0.05) is 53.8 Å². The highest BCUT2D eigenvalue weighted by Gasteiger charge is 2.43. The van der Waals surface area contributed by atoms with Crippen molar-refractivity contribution in [3.05, 3.63) is 137 Å². The molecule has 6 rings (SSSR count). The predicted octanol–water partition coefficient (Wildman–Crippen LogP) is 8.83. The Kier molecular flexibility index (Phi) is 11.2. The van der Waals surface area contributed by atoms with E-state index in [1.165, 1.54) is 22.3 Å². The van der Waals surface area contributed by atoms with E-state index in [0.29, 0.717) is 17.9 Å². The average molecular weight is 705 g/mol. The molecule has 2 N–H and O–H groups in total. The second-order valence-electron chi connectivity index (χ2n) is 13.3. The van der Waals surface area contributed by atoms with Crippen molar-refractivity contribution in [2.24, 2.45) is 10.7 Å². The number of allylic oxidation sites excluding steroid dienone is 4. The van der Waals surface area contributed by atoms with Crippen molar-refractivity contribution in [1.82, 2.24) is 4.90 Å². The normalized spacial score (nSPS) is 20.0. The van der Waals surface area contributed by atoms with Gasteiger partial charge in [-0.15, -0.1) is 0 Å². The first-order valence-electron chi connectivity index (χ1n) is 17.0. The maximum absolute atomic E-state index is 13.8. The summed E-state index contributed by atoms with van der Waals surface area (Å²) in [6.45, 7) is 8.36. The fourth-order valence-corrected chi connectivity index (χ4v) is 8.69. The number of ether oxygens (including phenoxy) is 1. The molecule has 0 aliphatic carbocycles. The molecule has 3 aliphatic heterocycles. The van der Waals surface area contributed by atoms with Gasteiger partial charge in [0.1, 0.15) is 6.61 Å². The number of carbonyl (C=O) groups is 2. The number of benzene rings is 3. The molecule has 0 aromatic heterocycles. The first-order valence-corrected chi connectivity index (χ1v) is 19.5. The third-order valence-electron chi connectivity index (χ3n) is 9.37. The number of nitrogens with zero attached hydrogens (tertiary/aromatic N) is 3. The van der Waals surface area contributed by atoms with Crippen LogP contribution in [0.25, 0.3) is 5.57 Å². The average Bonchev–Trinajstić information content (AvgIpc) is 3.55. The monoisotopic (exact) mass is 704 g/mol. The van der Waals surface area contributed by atoms with Crippen molar-refractivity contribution in [3.63, 3.8) is 0 Å². The van der Waals surface area contributed by atoms with Crippen LogP contribution in [0.5, 0.6) is 0 Å². The highest BCUT2D eigenvalue weighted by atomic mass is 33.1. The second-order valence-corrected chi connectivity index (χ2v) is 16.0. The molecule has 0 fully saturated rings. The van der Waals surface area contributed by atoms with Gasteiger partial charge in [0.05, 0.1) is 11.4 Å². The standard InChI is InChI=1S/C41H44N4O3S2/c1-28-32-14-8-10-16-35(32)43-34(28)20-18-30-26-44(4)27-31(39(30)29-12-6-5-7-13-29)19-21-37-41(2,3)33-15-9-11-17-36(33)45(37)40(47)48-23-25-50-49-24-22-38(42)46/h5-21,28H,22-27H2,1-4H3,(H2,42,46)/b20-18+,31-19+,37-21+. The Morgan fingerprint density at radius 3 is 2.44 bits per heavy atom. The van der Waals surface area contributed by atoms with Gasteiger partial charge in [-0.3, -0.25) is 14.7 Å². The first-order chi connectivity index (χ1) is 24.1. The zero-order valence-corrected chi connectivity index (χ0v) is 30.7. The predicted molar refractivity (Wildman–Crippen MR) is 210 cm³/mol. The quantitative estimate of drug-likeness (QED) is 0.159. The van der Waals surface area contributed by atoms with E-state index >= 15 is 0 Å². The van der Waals surface area contributed by atoms with Crippen molar-refractivity contribution in [3.8, 4) is 0 Å². The molecule has 0 radical (unpaired) electrons. The van der Waals surface area contributed by atoms with Crippen LogP contribution in [0.4, 0.5) is 16.2 Å². The van der Waals surface area contributed by atoms with Crippen LogP contribution in [-0.2, 0) is 14.9 Å². The lowest BCUT2D eigenvalue weighted by atomic mass is 9.83. The Morgan fingerprint density at radius 2 is 1.66 bits per heavy atom. The smallest absolute Gasteiger partial charge is 0.418 e. The van der Waals surface area contributed by atoms with Crippen LogP contribution >= 0.6 is 21.6 Å². The number of carbonyl (C=O) groups excluding carboxylic acids is 2. The third-order valence-corrected chi connectivity index (χ3v) is 11.7. The lowest BCUT2D eigenvalue weighted by Gasteiger charge is -2.30. The number of anilines is 1. The molecule has 3 aliphatic rings. The van der Waals surface area contributed by atoms with Crippen molar-refractivity contribution < 1.29 is 14.3 Å². The molecule has 1 unspecified atom stereocenters. The molecule has 0 saturated carbocycles. The fourth-order valence-electron chi connectivity index (χ4n) is 6.86. The summed E-state index contributed by atoms with van der Waals surface area (Å²) in [7, 11) is 5.27. The molecule has 258 valence electrons. The minimum atomic E-state index is -0.433. The summed E-state index contributed by atoms with van der Waals surface area (Å²) in [6, 6.07) is 27.0. The van der Waals surface area contributed by atoms with Crippen molar-refractivity contribution in [2.45, 2.75) is 38.5 Å². The summed E-state index contributed by atoms with van der Waals surface area (Å²) in [5.74, 6) is 1.17. The fraction of sp³-hybridized carbons (Fsp3) is 0.293. The van der Waals surface area contributed by atoms with Crippen LogP contribution < -0.4 is 10.6 Å². The van der Waals surface area contributed by atoms with E-state index in [1.54, 1.807) is 26.5 Å². The number of hydrogen-bond acceptors (Lipinski definition) is 7. The van der Waals surface area contributed by atoms with Crippen LogP contribution in [0.1, 0.15) is 49.8 Å². The summed E-state index contributed by atoms with van der Waals surface area (Å²) in [6.07, 6.45) is 8.65. The van der Waals surface area contributed by atoms with Gasteiger partial charge < -0.3 is 10.5 Å². The maximum Gasteiger partial charge on any atom is 0.418 e. The van der Waals surface area contributed by atoms with Gasteiger partial charge in [-0.1, -0.05) is 121 Å². The number of likely N-dealkylation sites (N-methyl/N-ethyl adjacent to an activating group) is 1. The molecule has 0 spiro atoms. The van der Waals surface area contributed by atoms with E-state index in [0.717, 1.165) is 47.0 Å². The molecule has 9 heteroatoms. The number of primary amides is 1. The number of rotatable bonds is 11. The molecular weight excluding hydrogens is 661 g/mol. The molecule has 1 atom stereocenters. The number of para-hydroxylation sites is 2. The highest BCUT2D eigenvalue weighted by Crippen LogP contribution is 2.48. The lowest BCUT2D eigenvalue weighted by Crippen LogP contribution is -2.33. The minimum absolute atomic E-state index is 0.237. The van der Waals surface area contributed by atoms with Gasteiger partial charge in [-0.05, 0) is 64.7 Å². The number of fused-ring (bicyclic) bond motifs is 2.